The molecular weight excluding hydrogens is 288 g/mol. The molecule has 0 aliphatic rings. The Morgan fingerprint density at radius 1 is 1.19 bits per heavy atom. The van der Waals surface area contributed by atoms with Crippen LogP contribution in [0.5, 0.6) is 0 Å². The van der Waals surface area contributed by atoms with Crippen LogP contribution < -0.4 is 10.5 Å². The minimum absolute atomic E-state index is 0.275. The Balaban J connectivity index is 2.52. The van der Waals surface area contributed by atoms with Gasteiger partial charge in [0.2, 0.25) is 10.0 Å². The van der Waals surface area contributed by atoms with E-state index in [0.29, 0.717) is 31.7 Å². The lowest BCUT2D eigenvalue weighted by atomic mass is 10.1. The van der Waals surface area contributed by atoms with Gasteiger partial charge in [0.05, 0.1) is 4.90 Å². The second-order valence-corrected chi connectivity index (χ2v) is 6.67. The molecule has 0 fully saturated rings. The summed E-state index contributed by atoms with van der Waals surface area (Å²) in [5.41, 5.74) is 6.92. The monoisotopic (exact) mass is 314 g/mol. The van der Waals surface area contributed by atoms with E-state index in [2.05, 4.69) is 11.6 Å². The van der Waals surface area contributed by atoms with Crippen molar-refractivity contribution >= 4 is 15.7 Å². The smallest absolute Gasteiger partial charge is 0.240 e. The third-order valence-electron chi connectivity index (χ3n) is 3.16. The number of ether oxygens (including phenoxy) is 1. The molecule has 1 aromatic carbocycles. The highest BCUT2D eigenvalue weighted by atomic mass is 32.2. The molecule has 0 aromatic heterocycles. The molecule has 21 heavy (non-hydrogen) atoms. The number of hydrogen-bond acceptors (Lipinski definition) is 4. The topological polar surface area (TPSA) is 81.4 Å². The normalized spacial score (nSPS) is 11.7. The van der Waals surface area contributed by atoms with Crippen LogP contribution in [0.25, 0.3) is 0 Å². The van der Waals surface area contributed by atoms with Gasteiger partial charge in [0, 0.05) is 25.4 Å². The van der Waals surface area contributed by atoms with Gasteiger partial charge in [-0.2, -0.15) is 0 Å². The molecule has 0 heterocycles. The molecule has 120 valence electrons. The van der Waals surface area contributed by atoms with Crippen LogP contribution in [-0.2, 0) is 21.2 Å². The molecule has 0 aliphatic carbocycles. The Bertz CT molecular complexity index is 530. The lowest BCUT2D eigenvalue weighted by Crippen LogP contribution is -2.26. The molecule has 0 saturated heterocycles. The quantitative estimate of drug-likeness (QED) is 0.513. The fraction of sp³-hybridized carbons (Fsp3) is 0.600. The number of nitrogens with two attached hydrogens (primary N) is 1. The van der Waals surface area contributed by atoms with Crippen molar-refractivity contribution in [1.82, 2.24) is 4.72 Å². The molecule has 0 radical (unpaired) electrons. The van der Waals surface area contributed by atoms with Gasteiger partial charge in [-0.1, -0.05) is 26.3 Å². The zero-order chi connectivity index (χ0) is 15.7. The Morgan fingerprint density at radius 2 is 1.90 bits per heavy atom. The summed E-state index contributed by atoms with van der Waals surface area (Å²) in [4.78, 5) is 0.275. The molecule has 3 N–H and O–H groups in total. The van der Waals surface area contributed by atoms with E-state index in [0.717, 1.165) is 25.0 Å². The Morgan fingerprint density at radius 3 is 2.57 bits per heavy atom. The minimum atomic E-state index is -3.51. The largest absolute Gasteiger partial charge is 0.399 e. The van der Waals surface area contributed by atoms with Gasteiger partial charge in [-0.3, -0.25) is 0 Å². The fourth-order valence-electron chi connectivity index (χ4n) is 1.92. The predicted molar refractivity (Wildman–Crippen MR) is 85.8 cm³/mol. The predicted octanol–water partition coefficient (Wildman–Crippen LogP) is 2.32. The summed E-state index contributed by atoms with van der Waals surface area (Å²) in [6.45, 7) is 5.70. The van der Waals surface area contributed by atoms with Crippen molar-refractivity contribution in [3.63, 3.8) is 0 Å². The van der Waals surface area contributed by atoms with Gasteiger partial charge in [-0.15, -0.1) is 0 Å². The third kappa shape index (κ3) is 6.03. The van der Waals surface area contributed by atoms with Crippen LogP contribution in [0.1, 0.15) is 38.7 Å². The average Bonchev–Trinajstić information content (AvgIpc) is 2.46. The van der Waals surface area contributed by atoms with Gasteiger partial charge in [0.1, 0.15) is 0 Å². The van der Waals surface area contributed by atoms with Crippen molar-refractivity contribution in [2.24, 2.45) is 0 Å². The maximum absolute atomic E-state index is 12.3. The van der Waals surface area contributed by atoms with Gasteiger partial charge in [-0.25, -0.2) is 13.1 Å². The van der Waals surface area contributed by atoms with Gasteiger partial charge >= 0.3 is 0 Å². The van der Waals surface area contributed by atoms with E-state index in [-0.39, 0.29) is 4.90 Å². The lowest BCUT2D eigenvalue weighted by molar-refractivity contribution is 0.130. The van der Waals surface area contributed by atoms with E-state index in [1.54, 1.807) is 12.1 Å². The van der Waals surface area contributed by atoms with Crippen molar-refractivity contribution in [2.45, 2.75) is 44.4 Å². The summed E-state index contributed by atoms with van der Waals surface area (Å²) in [6.07, 6.45) is 3.44. The molecule has 5 nitrogen and oxygen atoms in total. The standard InChI is InChI=1S/C15H26N2O3S/c1-3-5-10-20-11-6-9-17-21(18,19)15-12-14(16)8-7-13(15)4-2/h7-8,12,17H,3-6,9-11,16H2,1-2H3. The number of nitrogen functional groups attached to an aromatic ring is 1. The lowest BCUT2D eigenvalue weighted by Gasteiger charge is -2.11. The van der Waals surface area contributed by atoms with E-state index >= 15 is 0 Å². The summed E-state index contributed by atoms with van der Waals surface area (Å²) in [5, 5.41) is 0. The highest BCUT2D eigenvalue weighted by Crippen LogP contribution is 2.19. The van der Waals surface area contributed by atoms with Crippen molar-refractivity contribution in [2.75, 3.05) is 25.5 Å². The third-order valence-corrected chi connectivity index (χ3v) is 4.70. The number of nitrogens with one attached hydrogen (secondary N) is 1. The van der Waals surface area contributed by atoms with Gasteiger partial charge in [0.15, 0.2) is 0 Å². The molecule has 0 saturated carbocycles. The van der Waals surface area contributed by atoms with E-state index in [1.165, 1.54) is 6.07 Å². The number of rotatable bonds is 10. The molecular formula is C15H26N2O3S. The first-order valence-corrected chi connectivity index (χ1v) is 8.95. The molecule has 0 unspecified atom stereocenters. The van der Waals surface area contributed by atoms with Crippen LogP contribution in [-0.4, -0.2) is 28.2 Å². The first-order valence-electron chi connectivity index (χ1n) is 7.47. The number of benzene rings is 1. The van der Waals surface area contributed by atoms with Crippen LogP contribution in [0, 0.1) is 0 Å². The minimum Gasteiger partial charge on any atom is -0.399 e. The Labute approximate surface area is 127 Å². The number of unbranched alkanes of at least 4 members (excludes halogenated alkanes) is 1. The van der Waals surface area contributed by atoms with Crippen LogP contribution in [0.4, 0.5) is 5.69 Å². The molecule has 6 heteroatoms. The molecule has 1 rings (SSSR count). The van der Waals surface area contributed by atoms with Crippen molar-refractivity contribution in [3.8, 4) is 0 Å². The van der Waals surface area contributed by atoms with Gasteiger partial charge in [-0.05, 0) is 37.0 Å². The van der Waals surface area contributed by atoms with Crippen LogP contribution in [0.2, 0.25) is 0 Å². The summed E-state index contributed by atoms with van der Waals surface area (Å²) in [7, 11) is -3.51. The zero-order valence-electron chi connectivity index (χ0n) is 12.9. The Kier molecular flexibility index (Phi) is 7.71. The molecule has 0 spiro atoms. The number of aryl methyl sites for hydroxylation is 1. The van der Waals surface area contributed by atoms with Gasteiger partial charge < -0.3 is 10.5 Å². The summed E-state index contributed by atoms with van der Waals surface area (Å²) < 4.78 is 32.6. The van der Waals surface area contributed by atoms with E-state index in [4.69, 9.17) is 10.5 Å². The molecule has 0 amide bonds. The average molecular weight is 314 g/mol. The zero-order valence-corrected chi connectivity index (χ0v) is 13.7. The molecule has 0 aliphatic heterocycles. The first kappa shape index (κ1) is 17.9. The number of sulfonamides is 1. The van der Waals surface area contributed by atoms with E-state index in [1.807, 2.05) is 6.92 Å². The second kappa shape index (κ2) is 9.02. The van der Waals surface area contributed by atoms with Gasteiger partial charge in [0.25, 0.3) is 0 Å². The van der Waals surface area contributed by atoms with Crippen molar-refractivity contribution < 1.29 is 13.2 Å². The van der Waals surface area contributed by atoms with Crippen LogP contribution in [0.15, 0.2) is 23.1 Å². The van der Waals surface area contributed by atoms with E-state index in [9.17, 15) is 8.42 Å². The maximum atomic E-state index is 12.3. The fourth-order valence-corrected chi connectivity index (χ4v) is 3.34. The van der Waals surface area contributed by atoms with Crippen LogP contribution >= 0.6 is 0 Å². The first-order chi connectivity index (χ1) is 10.0. The number of anilines is 1. The number of hydrogen-bond donors (Lipinski definition) is 2. The highest BCUT2D eigenvalue weighted by molar-refractivity contribution is 7.89. The molecule has 0 atom stereocenters. The van der Waals surface area contributed by atoms with E-state index < -0.39 is 10.0 Å². The Hall–Kier alpha value is -1.11. The summed E-state index contributed by atoms with van der Waals surface area (Å²) >= 11 is 0. The van der Waals surface area contributed by atoms with Crippen LogP contribution in [0.3, 0.4) is 0 Å². The second-order valence-electron chi connectivity index (χ2n) is 4.94. The SMILES string of the molecule is CCCCOCCCNS(=O)(=O)c1cc(N)ccc1CC. The molecule has 0 bridgehead atoms. The van der Waals surface area contributed by atoms with Crippen molar-refractivity contribution in [3.05, 3.63) is 23.8 Å². The highest BCUT2D eigenvalue weighted by Gasteiger charge is 2.17. The summed E-state index contributed by atoms with van der Waals surface area (Å²) in [5.74, 6) is 0. The summed E-state index contributed by atoms with van der Waals surface area (Å²) in [6, 6.07) is 5.00. The maximum Gasteiger partial charge on any atom is 0.240 e. The van der Waals surface area contributed by atoms with Crippen molar-refractivity contribution in [1.29, 1.82) is 0 Å². The molecule has 1 aromatic rings.